The lowest BCUT2D eigenvalue weighted by Crippen LogP contribution is -2.10. The van der Waals surface area contributed by atoms with Crippen LogP contribution in [0.25, 0.3) is 0 Å². The van der Waals surface area contributed by atoms with E-state index in [1.165, 1.54) is 5.56 Å². The minimum Gasteiger partial charge on any atom is -0.320 e. The largest absolute Gasteiger partial charge is 0.320 e. The van der Waals surface area contributed by atoms with E-state index < -0.39 is 0 Å². The molecule has 0 aliphatic heterocycles. The van der Waals surface area contributed by atoms with Crippen molar-refractivity contribution < 1.29 is 0 Å². The van der Waals surface area contributed by atoms with Crippen molar-refractivity contribution >= 4 is 22.9 Å². The maximum absolute atomic E-state index is 6.21. The van der Waals surface area contributed by atoms with E-state index in [1.54, 1.807) is 11.3 Å². The summed E-state index contributed by atoms with van der Waals surface area (Å²) in [7, 11) is 0. The zero-order valence-corrected chi connectivity index (χ0v) is 11.6. The van der Waals surface area contributed by atoms with Gasteiger partial charge < -0.3 is 5.73 Å². The van der Waals surface area contributed by atoms with E-state index >= 15 is 0 Å². The van der Waals surface area contributed by atoms with Crippen LogP contribution in [0.3, 0.4) is 0 Å². The molecule has 2 N–H and O–H groups in total. The molecule has 3 heteroatoms. The van der Waals surface area contributed by atoms with Crippen molar-refractivity contribution in [3.05, 3.63) is 56.7 Å². The van der Waals surface area contributed by atoms with Crippen molar-refractivity contribution in [1.29, 1.82) is 0 Å². The van der Waals surface area contributed by atoms with E-state index in [-0.39, 0.29) is 6.04 Å². The average molecular weight is 266 g/mol. The van der Waals surface area contributed by atoms with Crippen molar-refractivity contribution in [2.75, 3.05) is 0 Å². The fourth-order valence-corrected chi connectivity index (χ4v) is 2.84. The maximum atomic E-state index is 6.21. The Labute approximate surface area is 111 Å². The van der Waals surface area contributed by atoms with Gasteiger partial charge in [-0.25, -0.2) is 0 Å². The van der Waals surface area contributed by atoms with Crippen LogP contribution < -0.4 is 5.73 Å². The maximum Gasteiger partial charge on any atom is 0.0931 e. The smallest absolute Gasteiger partial charge is 0.0931 e. The van der Waals surface area contributed by atoms with Gasteiger partial charge in [0.15, 0.2) is 0 Å². The van der Waals surface area contributed by atoms with Gasteiger partial charge in [0.1, 0.15) is 0 Å². The molecule has 1 atom stereocenters. The summed E-state index contributed by atoms with van der Waals surface area (Å²) >= 11 is 7.46. The highest BCUT2D eigenvalue weighted by Crippen LogP contribution is 2.29. The van der Waals surface area contributed by atoms with Crippen LogP contribution in [0.4, 0.5) is 0 Å². The molecule has 0 bridgehead atoms. The Morgan fingerprint density at radius 2 is 1.59 bits per heavy atom. The van der Waals surface area contributed by atoms with Crippen LogP contribution in [0, 0.1) is 0 Å². The van der Waals surface area contributed by atoms with Crippen molar-refractivity contribution in [2.45, 2.75) is 25.8 Å². The standard InChI is InChI=1S/C14H16ClNS/c1-9(2)10-3-5-11(6-4-10)14(16)12-7-8-13(15)17-12/h3-9,14H,16H2,1-2H3. The van der Waals surface area contributed by atoms with Gasteiger partial charge in [0.25, 0.3) is 0 Å². The Bertz CT molecular complexity index is 487. The summed E-state index contributed by atoms with van der Waals surface area (Å²) < 4.78 is 0.786. The normalized spacial score (nSPS) is 13.0. The van der Waals surface area contributed by atoms with Gasteiger partial charge in [-0.1, -0.05) is 49.7 Å². The number of nitrogens with two attached hydrogens (primary N) is 1. The number of rotatable bonds is 3. The van der Waals surface area contributed by atoms with E-state index in [4.69, 9.17) is 17.3 Å². The molecule has 1 aromatic heterocycles. The van der Waals surface area contributed by atoms with Crippen molar-refractivity contribution in [1.82, 2.24) is 0 Å². The van der Waals surface area contributed by atoms with Crippen molar-refractivity contribution in [2.24, 2.45) is 5.73 Å². The summed E-state index contributed by atoms with van der Waals surface area (Å²) in [5.41, 5.74) is 8.68. The first-order valence-corrected chi connectivity index (χ1v) is 6.88. The monoisotopic (exact) mass is 265 g/mol. The minimum absolute atomic E-state index is 0.0753. The summed E-state index contributed by atoms with van der Waals surface area (Å²) in [6.07, 6.45) is 0. The number of benzene rings is 1. The Morgan fingerprint density at radius 3 is 2.06 bits per heavy atom. The van der Waals surface area contributed by atoms with E-state index in [0.717, 1.165) is 14.8 Å². The van der Waals surface area contributed by atoms with Crippen LogP contribution in [-0.4, -0.2) is 0 Å². The molecule has 2 aromatic rings. The topological polar surface area (TPSA) is 26.0 Å². The van der Waals surface area contributed by atoms with Gasteiger partial charge in [-0.3, -0.25) is 0 Å². The summed E-state index contributed by atoms with van der Waals surface area (Å²) in [6.45, 7) is 4.38. The fraction of sp³-hybridized carbons (Fsp3) is 0.286. The van der Waals surface area contributed by atoms with Crippen molar-refractivity contribution in [3.8, 4) is 0 Å². The van der Waals surface area contributed by atoms with E-state index in [2.05, 4.69) is 38.1 Å². The van der Waals surface area contributed by atoms with E-state index in [0.29, 0.717) is 5.92 Å². The fourth-order valence-electron chi connectivity index (χ4n) is 1.75. The van der Waals surface area contributed by atoms with Crippen LogP contribution >= 0.6 is 22.9 Å². The molecule has 0 aliphatic rings. The molecule has 90 valence electrons. The highest BCUT2D eigenvalue weighted by atomic mass is 35.5. The molecule has 0 radical (unpaired) electrons. The highest BCUT2D eigenvalue weighted by molar-refractivity contribution is 7.16. The molecule has 1 nitrogen and oxygen atoms in total. The van der Waals surface area contributed by atoms with Crippen molar-refractivity contribution in [3.63, 3.8) is 0 Å². The van der Waals surface area contributed by atoms with Crippen LogP contribution in [0.2, 0.25) is 4.34 Å². The first-order chi connectivity index (χ1) is 8.08. The van der Waals surface area contributed by atoms with Crippen LogP contribution in [0.1, 0.15) is 41.8 Å². The van der Waals surface area contributed by atoms with Crippen LogP contribution in [0.5, 0.6) is 0 Å². The molecule has 0 aliphatic carbocycles. The molecule has 1 unspecified atom stereocenters. The lowest BCUT2D eigenvalue weighted by Gasteiger charge is -2.12. The molecule has 0 saturated heterocycles. The number of hydrogen-bond acceptors (Lipinski definition) is 2. The summed E-state index contributed by atoms with van der Waals surface area (Å²) in [4.78, 5) is 1.10. The zero-order valence-electron chi connectivity index (χ0n) is 9.98. The molecule has 0 spiro atoms. The first kappa shape index (κ1) is 12.6. The van der Waals surface area contributed by atoms with Crippen LogP contribution in [-0.2, 0) is 0 Å². The number of hydrogen-bond donors (Lipinski definition) is 1. The second-order valence-corrected chi connectivity index (χ2v) is 6.19. The lowest BCUT2D eigenvalue weighted by atomic mass is 9.99. The molecule has 2 rings (SSSR count). The van der Waals surface area contributed by atoms with E-state index in [1.807, 2.05) is 12.1 Å². The lowest BCUT2D eigenvalue weighted by molar-refractivity contribution is 0.854. The molecule has 1 heterocycles. The third-order valence-electron chi connectivity index (χ3n) is 2.86. The predicted octanol–water partition coefficient (Wildman–Crippen LogP) is 4.57. The van der Waals surface area contributed by atoms with E-state index in [9.17, 15) is 0 Å². The third kappa shape index (κ3) is 2.89. The molecule has 17 heavy (non-hydrogen) atoms. The second kappa shape index (κ2) is 5.21. The van der Waals surface area contributed by atoms with Gasteiger partial charge in [0, 0.05) is 4.88 Å². The van der Waals surface area contributed by atoms with Gasteiger partial charge in [-0.05, 0) is 29.2 Å². The summed E-state index contributed by atoms with van der Waals surface area (Å²) in [5.74, 6) is 0.552. The van der Waals surface area contributed by atoms with Gasteiger partial charge >= 0.3 is 0 Å². The zero-order chi connectivity index (χ0) is 12.4. The summed E-state index contributed by atoms with van der Waals surface area (Å²) in [6, 6.07) is 12.3. The molecule has 0 amide bonds. The molecule has 1 aromatic carbocycles. The Kier molecular flexibility index (Phi) is 3.87. The Balaban J connectivity index is 2.22. The molecule has 0 fully saturated rings. The first-order valence-electron chi connectivity index (χ1n) is 5.68. The highest BCUT2D eigenvalue weighted by Gasteiger charge is 2.11. The molecular weight excluding hydrogens is 250 g/mol. The number of thiophene rings is 1. The SMILES string of the molecule is CC(C)c1ccc(C(N)c2ccc(Cl)s2)cc1. The predicted molar refractivity (Wildman–Crippen MR) is 75.9 cm³/mol. The third-order valence-corrected chi connectivity index (χ3v) is 4.18. The van der Waals surface area contributed by atoms with Gasteiger partial charge in [-0.2, -0.15) is 0 Å². The Morgan fingerprint density at radius 1 is 1.00 bits per heavy atom. The second-order valence-electron chi connectivity index (χ2n) is 4.44. The number of halogens is 1. The van der Waals surface area contributed by atoms with Crippen LogP contribution in [0.15, 0.2) is 36.4 Å². The van der Waals surface area contributed by atoms with Gasteiger partial charge in [-0.15, -0.1) is 11.3 Å². The Hall–Kier alpha value is -0.830. The summed E-state index contributed by atoms with van der Waals surface area (Å²) in [5, 5.41) is 0. The van der Waals surface area contributed by atoms with Gasteiger partial charge in [0.05, 0.1) is 10.4 Å². The van der Waals surface area contributed by atoms with Gasteiger partial charge in [0.2, 0.25) is 0 Å². The average Bonchev–Trinajstić information content (AvgIpc) is 2.75. The quantitative estimate of drug-likeness (QED) is 0.864. The molecule has 0 saturated carbocycles. The molecular formula is C14H16ClNS. The minimum atomic E-state index is -0.0753.